The monoisotopic (exact) mass is 350 g/mol. The molecule has 0 atom stereocenters. The van der Waals surface area contributed by atoms with Crippen LogP contribution in [0.3, 0.4) is 0 Å². The highest BCUT2D eigenvalue weighted by Crippen LogP contribution is 2.21. The van der Waals surface area contributed by atoms with E-state index in [9.17, 15) is 4.79 Å². The number of nitrogens with zero attached hydrogens (tertiary/aromatic N) is 3. The fourth-order valence-corrected chi connectivity index (χ4v) is 3.36. The Balaban J connectivity index is 1.46. The number of β-amino-alcohol motifs (C(OH)–C–C–N with tert-alkyl or cyclic N) is 1. The number of hydrogen-bond donors (Lipinski definition) is 2. The molecule has 26 heavy (non-hydrogen) atoms. The van der Waals surface area contributed by atoms with Crippen LogP contribution in [0.5, 0.6) is 0 Å². The highest BCUT2D eigenvalue weighted by atomic mass is 16.3. The molecular weight excluding hydrogens is 328 g/mol. The second-order valence-corrected chi connectivity index (χ2v) is 6.54. The van der Waals surface area contributed by atoms with Crippen LogP contribution in [0.1, 0.15) is 10.4 Å². The first-order valence-electron chi connectivity index (χ1n) is 8.92. The number of nitrogens with one attached hydrogen (secondary N) is 1. The van der Waals surface area contributed by atoms with Gasteiger partial charge in [0.25, 0.3) is 5.91 Å². The van der Waals surface area contributed by atoms with Gasteiger partial charge in [0.1, 0.15) is 5.82 Å². The van der Waals surface area contributed by atoms with E-state index in [4.69, 9.17) is 5.11 Å². The van der Waals surface area contributed by atoms with Crippen molar-refractivity contribution in [2.45, 2.75) is 0 Å². The number of benzene rings is 2. The topological polar surface area (TPSA) is 72.5 Å². The minimum atomic E-state index is 0.0600. The Morgan fingerprint density at radius 1 is 1.04 bits per heavy atom. The van der Waals surface area contributed by atoms with E-state index in [1.165, 1.54) is 0 Å². The van der Waals surface area contributed by atoms with E-state index < -0.39 is 0 Å². The van der Waals surface area contributed by atoms with E-state index in [0.717, 1.165) is 35.5 Å². The fourth-order valence-electron chi connectivity index (χ4n) is 3.36. The van der Waals surface area contributed by atoms with Crippen molar-refractivity contribution in [3.8, 4) is 11.4 Å². The van der Waals surface area contributed by atoms with E-state index in [1.54, 1.807) is 0 Å². The average molecular weight is 350 g/mol. The molecule has 1 amide bonds. The van der Waals surface area contributed by atoms with Crippen LogP contribution in [0.2, 0.25) is 0 Å². The average Bonchev–Trinajstić information content (AvgIpc) is 3.13. The second-order valence-electron chi connectivity index (χ2n) is 6.54. The molecule has 2 heterocycles. The van der Waals surface area contributed by atoms with Gasteiger partial charge in [-0.2, -0.15) is 0 Å². The van der Waals surface area contributed by atoms with Crippen LogP contribution in [0.15, 0.2) is 48.5 Å². The molecule has 1 aromatic heterocycles. The molecule has 2 aromatic carbocycles. The minimum absolute atomic E-state index is 0.0600. The van der Waals surface area contributed by atoms with E-state index in [0.29, 0.717) is 25.2 Å². The normalized spacial score (nSPS) is 15.5. The van der Waals surface area contributed by atoms with Crippen LogP contribution in [-0.2, 0) is 0 Å². The standard InChI is InChI=1S/C20H22N4O2/c25-14-13-23-9-11-24(12-10-23)20(26)16-7-5-15(6-8-16)19-21-17-3-1-2-4-18(17)22-19/h1-8,25H,9-14H2,(H,21,22). The minimum Gasteiger partial charge on any atom is -0.395 e. The summed E-state index contributed by atoms with van der Waals surface area (Å²) >= 11 is 0. The number of amides is 1. The lowest BCUT2D eigenvalue weighted by Crippen LogP contribution is -2.49. The molecule has 1 fully saturated rings. The molecule has 6 nitrogen and oxygen atoms in total. The lowest BCUT2D eigenvalue weighted by molar-refractivity contribution is 0.0615. The van der Waals surface area contributed by atoms with Gasteiger partial charge in [0.2, 0.25) is 0 Å². The predicted octanol–water partition coefficient (Wildman–Crippen LogP) is 1.98. The van der Waals surface area contributed by atoms with Crippen LogP contribution in [-0.4, -0.2) is 70.1 Å². The maximum atomic E-state index is 12.7. The molecule has 0 aliphatic carbocycles. The molecule has 0 saturated carbocycles. The number of imidazole rings is 1. The number of fused-ring (bicyclic) bond motifs is 1. The summed E-state index contributed by atoms with van der Waals surface area (Å²) in [5.41, 5.74) is 3.60. The van der Waals surface area contributed by atoms with Gasteiger partial charge in [-0.15, -0.1) is 0 Å². The number of carbonyl (C=O) groups is 1. The molecule has 2 N–H and O–H groups in total. The zero-order valence-corrected chi connectivity index (χ0v) is 14.6. The molecule has 3 aromatic rings. The lowest BCUT2D eigenvalue weighted by atomic mass is 10.1. The summed E-state index contributed by atoms with van der Waals surface area (Å²) in [6.45, 7) is 3.85. The second kappa shape index (κ2) is 7.27. The van der Waals surface area contributed by atoms with Crippen molar-refractivity contribution >= 4 is 16.9 Å². The maximum absolute atomic E-state index is 12.7. The summed E-state index contributed by atoms with van der Waals surface area (Å²) in [5.74, 6) is 0.868. The smallest absolute Gasteiger partial charge is 0.253 e. The van der Waals surface area contributed by atoms with Crippen molar-refractivity contribution < 1.29 is 9.90 Å². The van der Waals surface area contributed by atoms with Gasteiger partial charge in [-0.05, 0) is 24.3 Å². The number of aromatic nitrogens is 2. The molecular formula is C20H22N4O2. The van der Waals surface area contributed by atoms with Crippen molar-refractivity contribution in [2.24, 2.45) is 0 Å². The van der Waals surface area contributed by atoms with Crippen LogP contribution >= 0.6 is 0 Å². The molecule has 1 aliphatic rings. The molecule has 1 saturated heterocycles. The highest BCUT2D eigenvalue weighted by Gasteiger charge is 2.21. The first-order valence-corrected chi connectivity index (χ1v) is 8.92. The number of rotatable bonds is 4. The van der Waals surface area contributed by atoms with Crippen molar-refractivity contribution in [1.29, 1.82) is 0 Å². The summed E-state index contributed by atoms with van der Waals surface area (Å²) in [7, 11) is 0. The van der Waals surface area contributed by atoms with Crippen LogP contribution in [0.4, 0.5) is 0 Å². The SMILES string of the molecule is O=C(c1ccc(-c2nc3ccccc3[nH]2)cc1)N1CCN(CCO)CC1. The molecule has 0 unspecified atom stereocenters. The van der Waals surface area contributed by atoms with Crippen LogP contribution in [0, 0.1) is 0 Å². The molecule has 0 bridgehead atoms. The van der Waals surface area contributed by atoms with Gasteiger partial charge in [0.05, 0.1) is 17.6 Å². The van der Waals surface area contributed by atoms with Gasteiger partial charge in [-0.1, -0.05) is 24.3 Å². The largest absolute Gasteiger partial charge is 0.395 e. The summed E-state index contributed by atoms with van der Waals surface area (Å²) < 4.78 is 0. The van der Waals surface area contributed by atoms with Gasteiger partial charge in [-0.25, -0.2) is 4.98 Å². The number of carbonyl (C=O) groups excluding carboxylic acids is 1. The summed E-state index contributed by atoms with van der Waals surface area (Å²) in [6.07, 6.45) is 0. The lowest BCUT2D eigenvalue weighted by Gasteiger charge is -2.34. The van der Waals surface area contributed by atoms with Crippen LogP contribution < -0.4 is 0 Å². The molecule has 1 aliphatic heterocycles. The van der Waals surface area contributed by atoms with E-state index in [1.807, 2.05) is 53.4 Å². The molecule has 134 valence electrons. The van der Waals surface area contributed by atoms with Crippen molar-refractivity contribution in [3.63, 3.8) is 0 Å². The Morgan fingerprint density at radius 3 is 2.46 bits per heavy atom. The zero-order chi connectivity index (χ0) is 17.9. The fraction of sp³-hybridized carbons (Fsp3) is 0.300. The molecule has 0 radical (unpaired) electrons. The summed E-state index contributed by atoms with van der Waals surface area (Å²) in [4.78, 5) is 24.6. The number of aliphatic hydroxyl groups is 1. The number of hydrogen-bond acceptors (Lipinski definition) is 4. The first kappa shape index (κ1) is 16.8. The van der Waals surface area contributed by atoms with Gasteiger partial charge >= 0.3 is 0 Å². The summed E-state index contributed by atoms with van der Waals surface area (Å²) in [6, 6.07) is 15.5. The first-order chi connectivity index (χ1) is 12.7. The third-order valence-corrected chi connectivity index (χ3v) is 4.87. The predicted molar refractivity (Wildman–Crippen MR) is 101 cm³/mol. The highest BCUT2D eigenvalue weighted by molar-refractivity contribution is 5.94. The van der Waals surface area contributed by atoms with Crippen molar-refractivity contribution in [3.05, 3.63) is 54.1 Å². The van der Waals surface area contributed by atoms with Crippen molar-refractivity contribution in [1.82, 2.24) is 19.8 Å². The number of para-hydroxylation sites is 2. The molecule has 4 rings (SSSR count). The van der Waals surface area contributed by atoms with Gasteiger partial charge < -0.3 is 15.0 Å². The third kappa shape index (κ3) is 3.34. The Hall–Kier alpha value is -2.70. The van der Waals surface area contributed by atoms with E-state index in [2.05, 4.69) is 14.9 Å². The molecule has 0 spiro atoms. The number of H-pyrrole nitrogens is 1. The number of aliphatic hydroxyl groups excluding tert-OH is 1. The number of aromatic amines is 1. The quantitative estimate of drug-likeness (QED) is 0.755. The van der Waals surface area contributed by atoms with Gasteiger partial charge in [0.15, 0.2) is 0 Å². The third-order valence-electron chi connectivity index (χ3n) is 4.87. The number of piperazine rings is 1. The van der Waals surface area contributed by atoms with Gasteiger partial charge in [0, 0.05) is 43.9 Å². The maximum Gasteiger partial charge on any atom is 0.253 e. The summed E-state index contributed by atoms with van der Waals surface area (Å²) in [5, 5.41) is 9.01. The van der Waals surface area contributed by atoms with Crippen LogP contribution in [0.25, 0.3) is 22.4 Å². The van der Waals surface area contributed by atoms with Gasteiger partial charge in [-0.3, -0.25) is 9.69 Å². The zero-order valence-electron chi connectivity index (χ0n) is 14.6. The Bertz CT molecular complexity index is 863. The van der Waals surface area contributed by atoms with E-state index >= 15 is 0 Å². The molecule has 6 heteroatoms. The Kier molecular flexibility index (Phi) is 4.69. The van der Waals surface area contributed by atoms with Crippen molar-refractivity contribution in [2.75, 3.05) is 39.3 Å². The van der Waals surface area contributed by atoms with E-state index in [-0.39, 0.29) is 12.5 Å². The Morgan fingerprint density at radius 2 is 1.77 bits per heavy atom. The Labute approximate surface area is 152 Å².